The highest BCUT2D eigenvalue weighted by Crippen LogP contribution is 2.19. The zero-order valence-electron chi connectivity index (χ0n) is 10.5. The Morgan fingerprint density at radius 1 is 1.35 bits per heavy atom. The first kappa shape index (κ1) is 13.5. The SMILES string of the molecule is Cc1ccc(C)c(OCCCCC(=O)NN)c1. The average Bonchev–Trinajstić information content (AvgIpc) is 2.32. The molecule has 0 unspecified atom stereocenters. The first-order valence-electron chi connectivity index (χ1n) is 5.83. The largest absolute Gasteiger partial charge is 0.493 e. The van der Waals surface area contributed by atoms with Gasteiger partial charge < -0.3 is 4.74 Å². The number of rotatable bonds is 6. The van der Waals surface area contributed by atoms with Crippen molar-refractivity contribution < 1.29 is 9.53 Å². The second-order valence-corrected chi connectivity index (χ2v) is 4.14. The maximum absolute atomic E-state index is 10.9. The van der Waals surface area contributed by atoms with Crippen LogP contribution in [0.2, 0.25) is 0 Å². The third-order valence-corrected chi connectivity index (χ3v) is 2.56. The Balaban J connectivity index is 2.26. The number of ether oxygens (including phenoxy) is 1. The highest BCUT2D eigenvalue weighted by molar-refractivity contribution is 5.75. The molecule has 0 spiro atoms. The van der Waals surface area contributed by atoms with Gasteiger partial charge >= 0.3 is 0 Å². The van der Waals surface area contributed by atoms with Crippen molar-refractivity contribution in [1.29, 1.82) is 0 Å². The molecule has 0 aliphatic carbocycles. The lowest BCUT2D eigenvalue weighted by Gasteiger charge is -2.09. The maximum Gasteiger partial charge on any atom is 0.233 e. The molecule has 94 valence electrons. The number of carbonyl (C=O) groups is 1. The molecule has 0 aromatic heterocycles. The summed E-state index contributed by atoms with van der Waals surface area (Å²) in [7, 11) is 0. The minimum atomic E-state index is -0.128. The number of hydrazine groups is 1. The molecule has 0 aliphatic heterocycles. The number of hydrogen-bond acceptors (Lipinski definition) is 3. The van der Waals surface area contributed by atoms with Crippen molar-refractivity contribution >= 4 is 5.91 Å². The molecule has 4 nitrogen and oxygen atoms in total. The third-order valence-electron chi connectivity index (χ3n) is 2.56. The standard InChI is InChI=1S/C13H20N2O2/c1-10-6-7-11(2)12(9-10)17-8-4-3-5-13(16)15-14/h6-7,9H,3-5,8,14H2,1-2H3,(H,15,16). The van der Waals surface area contributed by atoms with Gasteiger partial charge in [-0.1, -0.05) is 12.1 Å². The van der Waals surface area contributed by atoms with Gasteiger partial charge in [0.25, 0.3) is 0 Å². The topological polar surface area (TPSA) is 64.3 Å². The van der Waals surface area contributed by atoms with Gasteiger partial charge in [0.2, 0.25) is 5.91 Å². The maximum atomic E-state index is 10.9. The zero-order chi connectivity index (χ0) is 12.7. The summed E-state index contributed by atoms with van der Waals surface area (Å²) >= 11 is 0. The molecular formula is C13H20N2O2. The van der Waals surface area contributed by atoms with Gasteiger partial charge in [-0.05, 0) is 43.9 Å². The molecule has 4 heteroatoms. The third kappa shape index (κ3) is 4.87. The number of nitrogens with one attached hydrogen (secondary N) is 1. The summed E-state index contributed by atoms with van der Waals surface area (Å²) in [6, 6.07) is 6.14. The number of unbranched alkanes of at least 4 members (excludes halogenated alkanes) is 1. The molecule has 0 radical (unpaired) electrons. The fraction of sp³-hybridized carbons (Fsp3) is 0.462. The molecule has 0 saturated carbocycles. The second-order valence-electron chi connectivity index (χ2n) is 4.14. The molecule has 0 bridgehead atoms. The van der Waals surface area contributed by atoms with Crippen LogP contribution >= 0.6 is 0 Å². The van der Waals surface area contributed by atoms with Crippen LogP contribution in [0.25, 0.3) is 0 Å². The van der Waals surface area contributed by atoms with Crippen molar-refractivity contribution in [3.63, 3.8) is 0 Å². The molecule has 1 aromatic carbocycles. The van der Waals surface area contributed by atoms with E-state index < -0.39 is 0 Å². The minimum Gasteiger partial charge on any atom is -0.493 e. The Bertz CT molecular complexity index is 378. The number of nitrogens with two attached hydrogens (primary N) is 1. The van der Waals surface area contributed by atoms with Crippen LogP contribution in [0.5, 0.6) is 5.75 Å². The number of carbonyl (C=O) groups excluding carboxylic acids is 1. The van der Waals surface area contributed by atoms with E-state index in [1.165, 1.54) is 5.56 Å². The number of hydrogen-bond donors (Lipinski definition) is 2. The van der Waals surface area contributed by atoms with Crippen LogP contribution < -0.4 is 16.0 Å². The highest BCUT2D eigenvalue weighted by atomic mass is 16.5. The lowest BCUT2D eigenvalue weighted by atomic mass is 10.1. The molecule has 0 aliphatic rings. The van der Waals surface area contributed by atoms with E-state index in [0.29, 0.717) is 13.0 Å². The van der Waals surface area contributed by atoms with Crippen molar-refractivity contribution in [3.05, 3.63) is 29.3 Å². The Labute approximate surface area is 102 Å². The van der Waals surface area contributed by atoms with Crippen LogP contribution in [0.4, 0.5) is 0 Å². The van der Waals surface area contributed by atoms with Crippen LogP contribution in [0.15, 0.2) is 18.2 Å². The van der Waals surface area contributed by atoms with Crippen molar-refractivity contribution in [2.24, 2.45) is 5.84 Å². The molecule has 1 rings (SSSR count). The number of amides is 1. The van der Waals surface area contributed by atoms with Crippen LogP contribution in [0, 0.1) is 13.8 Å². The summed E-state index contributed by atoms with van der Waals surface area (Å²) < 4.78 is 5.67. The smallest absolute Gasteiger partial charge is 0.233 e. The molecule has 0 fully saturated rings. The number of aryl methyl sites for hydroxylation is 2. The van der Waals surface area contributed by atoms with Crippen LogP contribution in [-0.2, 0) is 4.79 Å². The quantitative estimate of drug-likeness (QED) is 0.343. The molecule has 0 saturated heterocycles. The molecule has 1 aromatic rings. The van der Waals surface area contributed by atoms with Gasteiger partial charge in [0.05, 0.1) is 6.61 Å². The van der Waals surface area contributed by atoms with E-state index in [2.05, 4.69) is 11.5 Å². The van der Waals surface area contributed by atoms with Crippen LogP contribution in [-0.4, -0.2) is 12.5 Å². The second kappa shape index (κ2) is 6.91. The molecule has 0 heterocycles. The van der Waals surface area contributed by atoms with Crippen LogP contribution in [0.3, 0.4) is 0 Å². The Morgan fingerprint density at radius 3 is 2.82 bits per heavy atom. The summed E-state index contributed by atoms with van der Waals surface area (Å²) in [6.45, 7) is 4.69. The Kier molecular flexibility index (Phi) is 5.49. The summed E-state index contributed by atoms with van der Waals surface area (Å²) in [6.07, 6.45) is 2.08. The van der Waals surface area contributed by atoms with Gasteiger partial charge in [0.1, 0.15) is 5.75 Å². The van der Waals surface area contributed by atoms with Gasteiger partial charge in [-0.25, -0.2) is 5.84 Å². The predicted octanol–water partition coefficient (Wildman–Crippen LogP) is 1.84. The van der Waals surface area contributed by atoms with Gasteiger partial charge in [0.15, 0.2) is 0 Å². The van der Waals surface area contributed by atoms with E-state index in [4.69, 9.17) is 10.6 Å². The van der Waals surface area contributed by atoms with Crippen LogP contribution in [0.1, 0.15) is 30.4 Å². The molecular weight excluding hydrogens is 216 g/mol. The monoisotopic (exact) mass is 236 g/mol. The Hall–Kier alpha value is -1.55. The van der Waals surface area contributed by atoms with E-state index >= 15 is 0 Å². The van der Waals surface area contributed by atoms with Gasteiger partial charge in [0, 0.05) is 6.42 Å². The average molecular weight is 236 g/mol. The fourth-order valence-corrected chi connectivity index (χ4v) is 1.50. The predicted molar refractivity (Wildman–Crippen MR) is 67.6 cm³/mol. The number of benzene rings is 1. The van der Waals surface area contributed by atoms with Gasteiger partial charge in [-0.2, -0.15) is 0 Å². The van der Waals surface area contributed by atoms with Crippen molar-refractivity contribution in [2.45, 2.75) is 33.1 Å². The highest BCUT2D eigenvalue weighted by Gasteiger charge is 2.01. The molecule has 17 heavy (non-hydrogen) atoms. The lowest BCUT2D eigenvalue weighted by Crippen LogP contribution is -2.29. The summed E-state index contributed by atoms with van der Waals surface area (Å²) in [5, 5.41) is 0. The first-order chi connectivity index (χ1) is 8.13. The van der Waals surface area contributed by atoms with E-state index in [1.54, 1.807) is 0 Å². The fourth-order valence-electron chi connectivity index (χ4n) is 1.50. The lowest BCUT2D eigenvalue weighted by molar-refractivity contribution is -0.121. The van der Waals surface area contributed by atoms with Gasteiger partial charge in [-0.3, -0.25) is 10.2 Å². The summed E-state index contributed by atoms with van der Waals surface area (Å²) in [5.41, 5.74) is 4.43. The molecule has 3 N–H and O–H groups in total. The van der Waals surface area contributed by atoms with E-state index in [1.807, 2.05) is 26.0 Å². The zero-order valence-corrected chi connectivity index (χ0v) is 10.5. The van der Waals surface area contributed by atoms with Crippen molar-refractivity contribution in [3.8, 4) is 5.75 Å². The first-order valence-corrected chi connectivity index (χ1v) is 5.83. The minimum absolute atomic E-state index is 0.128. The molecule has 1 amide bonds. The van der Waals surface area contributed by atoms with E-state index in [-0.39, 0.29) is 5.91 Å². The summed E-state index contributed by atoms with van der Waals surface area (Å²) in [4.78, 5) is 10.9. The normalized spacial score (nSPS) is 10.1. The van der Waals surface area contributed by atoms with Crippen molar-refractivity contribution in [1.82, 2.24) is 5.43 Å². The molecule has 0 atom stereocenters. The summed E-state index contributed by atoms with van der Waals surface area (Å²) in [5.74, 6) is 5.78. The van der Waals surface area contributed by atoms with E-state index in [9.17, 15) is 4.79 Å². The Morgan fingerprint density at radius 2 is 2.12 bits per heavy atom. The van der Waals surface area contributed by atoms with E-state index in [0.717, 1.165) is 24.2 Å². The van der Waals surface area contributed by atoms with Gasteiger partial charge in [-0.15, -0.1) is 0 Å². The van der Waals surface area contributed by atoms with Crippen molar-refractivity contribution in [2.75, 3.05) is 6.61 Å².